The predicted molar refractivity (Wildman–Crippen MR) is 77.9 cm³/mol. The Morgan fingerprint density at radius 1 is 1.25 bits per heavy atom. The lowest BCUT2D eigenvalue weighted by Gasteiger charge is -2.25. The molecule has 20 heavy (non-hydrogen) atoms. The van der Waals surface area contributed by atoms with E-state index in [1.165, 1.54) is 12.1 Å². The zero-order chi connectivity index (χ0) is 15.1. The first kappa shape index (κ1) is 16.6. The number of hydrogen-bond donors (Lipinski definition) is 1. The van der Waals surface area contributed by atoms with E-state index in [-0.39, 0.29) is 5.82 Å². The average Bonchev–Trinajstić information content (AvgIpc) is 2.38. The summed E-state index contributed by atoms with van der Waals surface area (Å²) in [5, 5.41) is 9.03. The molecule has 1 N–H and O–H groups in total. The van der Waals surface area contributed by atoms with Crippen LogP contribution in [0.1, 0.15) is 32.8 Å². The highest BCUT2D eigenvalue weighted by atomic mass is 19.1. The van der Waals surface area contributed by atoms with Crippen molar-refractivity contribution in [2.24, 2.45) is 11.8 Å². The van der Waals surface area contributed by atoms with Gasteiger partial charge in [-0.3, -0.25) is 9.69 Å². The second-order valence-electron chi connectivity index (χ2n) is 5.78. The van der Waals surface area contributed by atoms with Crippen molar-refractivity contribution in [3.8, 4) is 0 Å². The van der Waals surface area contributed by atoms with E-state index in [0.29, 0.717) is 19.0 Å². The Labute approximate surface area is 120 Å². The lowest BCUT2D eigenvalue weighted by Crippen LogP contribution is -2.32. The Hall–Kier alpha value is -1.42. The number of carbonyl (C=O) groups is 1. The number of carboxylic acids is 1. The van der Waals surface area contributed by atoms with Gasteiger partial charge in [-0.1, -0.05) is 32.9 Å². The lowest BCUT2D eigenvalue weighted by molar-refractivity contribution is -0.141. The SMILES string of the molecule is CC(C)CCN(Cc1ccc(F)cc1)CC(C)C(=O)O. The van der Waals surface area contributed by atoms with Crippen LogP contribution in [0.4, 0.5) is 4.39 Å². The molecule has 1 unspecified atom stereocenters. The molecule has 0 saturated carbocycles. The minimum atomic E-state index is -0.779. The summed E-state index contributed by atoms with van der Waals surface area (Å²) in [7, 11) is 0. The van der Waals surface area contributed by atoms with Crippen molar-refractivity contribution in [2.45, 2.75) is 33.7 Å². The van der Waals surface area contributed by atoms with Crippen LogP contribution in [0.15, 0.2) is 24.3 Å². The summed E-state index contributed by atoms with van der Waals surface area (Å²) in [5.41, 5.74) is 1.01. The number of halogens is 1. The summed E-state index contributed by atoms with van der Waals surface area (Å²) in [5.74, 6) is -0.853. The zero-order valence-corrected chi connectivity index (χ0v) is 12.5. The zero-order valence-electron chi connectivity index (χ0n) is 12.5. The van der Waals surface area contributed by atoms with Crippen molar-refractivity contribution >= 4 is 5.97 Å². The van der Waals surface area contributed by atoms with Crippen LogP contribution < -0.4 is 0 Å². The van der Waals surface area contributed by atoms with Gasteiger partial charge in [-0.25, -0.2) is 4.39 Å². The Bertz CT molecular complexity index is 417. The first-order chi connectivity index (χ1) is 9.38. The van der Waals surface area contributed by atoms with Crippen molar-refractivity contribution < 1.29 is 14.3 Å². The first-order valence-corrected chi connectivity index (χ1v) is 7.08. The molecule has 0 aromatic heterocycles. The number of rotatable bonds is 8. The lowest BCUT2D eigenvalue weighted by atomic mass is 10.1. The minimum absolute atomic E-state index is 0.249. The van der Waals surface area contributed by atoms with Crippen molar-refractivity contribution in [3.63, 3.8) is 0 Å². The molecule has 1 aromatic carbocycles. The number of nitrogens with zero attached hydrogens (tertiary/aromatic N) is 1. The minimum Gasteiger partial charge on any atom is -0.481 e. The van der Waals surface area contributed by atoms with Crippen LogP contribution in [-0.2, 0) is 11.3 Å². The molecule has 0 heterocycles. The molecule has 0 spiro atoms. The van der Waals surface area contributed by atoms with Crippen LogP contribution in [0.25, 0.3) is 0 Å². The van der Waals surface area contributed by atoms with Crippen LogP contribution in [0.2, 0.25) is 0 Å². The number of aliphatic carboxylic acids is 1. The third-order valence-corrected chi connectivity index (χ3v) is 3.30. The predicted octanol–water partition coefficient (Wildman–Crippen LogP) is 3.39. The molecule has 3 nitrogen and oxygen atoms in total. The summed E-state index contributed by atoms with van der Waals surface area (Å²) in [6.07, 6.45) is 1.02. The Morgan fingerprint density at radius 3 is 2.35 bits per heavy atom. The fourth-order valence-corrected chi connectivity index (χ4v) is 1.99. The second kappa shape index (κ2) is 8.00. The molecule has 4 heteroatoms. The molecule has 0 aliphatic carbocycles. The summed E-state index contributed by atoms with van der Waals surface area (Å²) in [6.45, 7) is 8.04. The van der Waals surface area contributed by atoms with E-state index >= 15 is 0 Å². The molecule has 0 bridgehead atoms. The summed E-state index contributed by atoms with van der Waals surface area (Å²) in [4.78, 5) is 13.1. The van der Waals surface area contributed by atoms with E-state index in [4.69, 9.17) is 5.11 Å². The molecule has 1 atom stereocenters. The largest absolute Gasteiger partial charge is 0.481 e. The normalized spacial score (nSPS) is 12.9. The van der Waals surface area contributed by atoms with Crippen LogP contribution >= 0.6 is 0 Å². The maximum atomic E-state index is 12.9. The number of hydrogen-bond acceptors (Lipinski definition) is 2. The van der Waals surface area contributed by atoms with Gasteiger partial charge in [-0.15, -0.1) is 0 Å². The van der Waals surface area contributed by atoms with Gasteiger partial charge in [-0.05, 0) is 36.6 Å². The van der Waals surface area contributed by atoms with E-state index in [2.05, 4.69) is 18.7 Å². The molecule has 0 fully saturated rings. The topological polar surface area (TPSA) is 40.5 Å². The van der Waals surface area contributed by atoms with Gasteiger partial charge in [0.25, 0.3) is 0 Å². The average molecular weight is 281 g/mol. The molecule has 0 radical (unpaired) electrons. The second-order valence-corrected chi connectivity index (χ2v) is 5.78. The van der Waals surface area contributed by atoms with Gasteiger partial charge >= 0.3 is 5.97 Å². The van der Waals surface area contributed by atoms with E-state index < -0.39 is 11.9 Å². The highest BCUT2D eigenvalue weighted by Crippen LogP contribution is 2.11. The van der Waals surface area contributed by atoms with Crippen molar-refractivity contribution in [2.75, 3.05) is 13.1 Å². The van der Waals surface area contributed by atoms with E-state index in [9.17, 15) is 9.18 Å². The maximum Gasteiger partial charge on any atom is 0.307 e. The van der Waals surface area contributed by atoms with Crippen LogP contribution in [0.5, 0.6) is 0 Å². The monoisotopic (exact) mass is 281 g/mol. The van der Waals surface area contributed by atoms with Crippen molar-refractivity contribution in [1.29, 1.82) is 0 Å². The quantitative estimate of drug-likeness (QED) is 0.794. The highest BCUT2D eigenvalue weighted by molar-refractivity contribution is 5.69. The summed E-state index contributed by atoms with van der Waals surface area (Å²) < 4.78 is 12.9. The van der Waals surface area contributed by atoms with Crippen LogP contribution in [0, 0.1) is 17.7 Å². The number of carboxylic acid groups (broad SMARTS) is 1. The van der Waals surface area contributed by atoms with Gasteiger partial charge in [0.1, 0.15) is 5.82 Å². The third-order valence-electron chi connectivity index (χ3n) is 3.30. The van der Waals surface area contributed by atoms with Crippen LogP contribution in [-0.4, -0.2) is 29.1 Å². The fraction of sp³-hybridized carbons (Fsp3) is 0.562. The van der Waals surface area contributed by atoms with E-state index in [0.717, 1.165) is 18.5 Å². The maximum absolute atomic E-state index is 12.9. The third kappa shape index (κ3) is 6.15. The molecular weight excluding hydrogens is 257 g/mol. The standard InChI is InChI=1S/C16H24FNO2/c1-12(2)8-9-18(10-13(3)16(19)20)11-14-4-6-15(17)7-5-14/h4-7,12-13H,8-11H2,1-3H3,(H,19,20). The van der Waals surface area contributed by atoms with Crippen LogP contribution in [0.3, 0.4) is 0 Å². The van der Waals surface area contributed by atoms with Gasteiger partial charge in [0.2, 0.25) is 0 Å². The first-order valence-electron chi connectivity index (χ1n) is 7.08. The van der Waals surface area contributed by atoms with Gasteiger partial charge in [0.15, 0.2) is 0 Å². The number of benzene rings is 1. The van der Waals surface area contributed by atoms with Crippen molar-refractivity contribution in [3.05, 3.63) is 35.6 Å². The highest BCUT2D eigenvalue weighted by Gasteiger charge is 2.16. The summed E-state index contributed by atoms with van der Waals surface area (Å²) >= 11 is 0. The fourth-order valence-electron chi connectivity index (χ4n) is 1.99. The van der Waals surface area contributed by atoms with Gasteiger partial charge < -0.3 is 5.11 Å². The Balaban J connectivity index is 2.65. The smallest absolute Gasteiger partial charge is 0.307 e. The van der Waals surface area contributed by atoms with Gasteiger partial charge in [-0.2, -0.15) is 0 Å². The van der Waals surface area contributed by atoms with Crippen molar-refractivity contribution in [1.82, 2.24) is 4.90 Å². The van der Waals surface area contributed by atoms with Gasteiger partial charge in [0, 0.05) is 13.1 Å². The molecule has 0 saturated heterocycles. The molecule has 112 valence electrons. The molecule has 1 aromatic rings. The van der Waals surface area contributed by atoms with E-state index in [1.807, 2.05) is 0 Å². The molecule has 0 amide bonds. The Morgan fingerprint density at radius 2 is 1.85 bits per heavy atom. The molecule has 0 aliphatic rings. The van der Waals surface area contributed by atoms with Gasteiger partial charge in [0.05, 0.1) is 5.92 Å². The Kier molecular flexibility index (Phi) is 6.65. The summed E-state index contributed by atoms with van der Waals surface area (Å²) in [6, 6.07) is 6.39. The molecular formula is C16H24FNO2. The van der Waals surface area contributed by atoms with E-state index in [1.54, 1.807) is 19.1 Å². The molecule has 0 aliphatic heterocycles. The molecule has 1 rings (SSSR count).